The minimum absolute atomic E-state index is 0.0124. The Hall–Kier alpha value is -1.95. The summed E-state index contributed by atoms with van der Waals surface area (Å²) in [4.78, 5) is 12.5. The molecule has 1 aromatic heterocycles. The molecule has 1 N–H and O–H groups in total. The van der Waals surface area contributed by atoms with Crippen molar-refractivity contribution < 1.29 is 9.53 Å². The second kappa shape index (κ2) is 7.75. The molecule has 1 aliphatic rings. The number of aromatic nitrogens is 2. The molecular formula is C18H23N3O2S. The van der Waals surface area contributed by atoms with Crippen molar-refractivity contribution in [3.05, 3.63) is 34.8 Å². The first-order valence-corrected chi connectivity index (χ1v) is 9.35. The van der Waals surface area contributed by atoms with Crippen molar-refractivity contribution >= 4 is 22.4 Å². The summed E-state index contributed by atoms with van der Waals surface area (Å²) < 4.78 is 5.71. The first-order valence-electron chi connectivity index (χ1n) is 8.54. The Bertz CT molecular complexity index is 693. The number of benzene rings is 1. The van der Waals surface area contributed by atoms with Gasteiger partial charge in [-0.15, -0.1) is 10.2 Å². The van der Waals surface area contributed by atoms with E-state index < -0.39 is 0 Å². The quantitative estimate of drug-likeness (QED) is 0.858. The smallest absolute Gasteiger partial charge is 0.261 e. The number of hydrogen-bond acceptors (Lipinski definition) is 5. The van der Waals surface area contributed by atoms with Crippen molar-refractivity contribution in [3.8, 4) is 5.75 Å². The number of amides is 1. The van der Waals surface area contributed by atoms with Gasteiger partial charge in [-0.1, -0.05) is 42.7 Å². The fourth-order valence-corrected chi connectivity index (χ4v) is 3.88. The molecule has 6 heteroatoms. The fourth-order valence-electron chi connectivity index (χ4n) is 2.97. The van der Waals surface area contributed by atoms with Gasteiger partial charge >= 0.3 is 0 Å². The van der Waals surface area contributed by atoms with Crippen LogP contribution in [0.3, 0.4) is 0 Å². The van der Waals surface area contributed by atoms with Gasteiger partial charge in [0.2, 0.25) is 5.13 Å². The van der Waals surface area contributed by atoms with Crippen LogP contribution in [0.4, 0.5) is 5.13 Å². The zero-order chi connectivity index (χ0) is 16.9. The van der Waals surface area contributed by atoms with Crippen LogP contribution in [-0.4, -0.2) is 22.2 Å². The molecular weight excluding hydrogens is 322 g/mol. The molecule has 5 nitrogen and oxygen atoms in total. The number of ether oxygens (including phenoxy) is 1. The maximum absolute atomic E-state index is 12.5. The molecule has 1 fully saturated rings. The molecule has 0 spiro atoms. The van der Waals surface area contributed by atoms with E-state index in [0.717, 1.165) is 5.01 Å². The van der Waals surface area contributed by atoms with E-state index in [0.29, 0.717) is 22.4 Å². The Kier molecular flexibility index (Phi) is 5.45. The second-order valence-electron chi connectivity index (χ2n) is 6.40. The minimum atomic E-state index is -0.211. The third kappa shape index (κ3) is 4.12. The van der Waals surface area contributed by atoms with Gasteiger partial charge in [-0.25, -0.2) is 0 Å². The van der Waals surface area contributed by atoms with Crippen LogP contribution in [0.25, 0.3) is 0 Å². The van der Waals surface area contributed by atoms with E-state index in [1.165, 1.54) is 43.4 Å². The van der Waals surface area contributed by atoms with E-state index in [4.69, 9.17) is 4.74 Å². The molecule has 1 aliphatic carbocycles. The van der Waals surface area contributed by atoms with Crippen molar-refractivity contribution in [2.75, 3.05) is 5.32 Å². The van der Waals surface area contributed by atoms with Gasteiger partial charge in [0.05, 0.1) is 11.7 Å². The van der Waals surface area contributed by atoms with Crippen molar-refractivity contribution in [2.45, 2.75) is 58.0 Å². The van der Waals surface area contributed by atoms with Crippen LogP contribution in [0, 0.1) is 0 Å². The van der Waals surface area contributed by atoms with Gasteiger partial charge in [-0.3, -0.25) is 10.1 Å². The van der Waals surface area contributed by atoms with Crippen molar-refractivity contribution in [2.24, 2.45) is 0 Å². The molecule has 1 heterocycles. The second-order valence-corrected chi connectivity index (χ2v) is 7.41. The largest absolute Gasteiger partial charge is 0.490 e. The van der Waals surface area contributed by atoms with Crippen LogP contribution < -0.4 is 10.1 Å². The van der Waals surface area contributed by atoms with Crippen LogP contribution in [0.2, 0.25) is 0 Å². The van der Waals surface area contributed by atoms with Gasteiger partial charge in [-0.05, 0) is 38.8 Å². The Morgan fingerprint density at radius 3 is 2.71 bits per heavy atom. The van der Waals surface area contributed by atoms with Crippen LogP contribution in [-0.2, 0) is 0 Å². The van der Waals surface area contributed by atoms with Crippen LogP contribution in [0.5, 0.6) is 5.75 Å². The topological polar surface area (TPSA) is 64.1 Å². The number of nitrogens with zero attached hydrogens (tertiary/aromatic N) is 2. The minimum Gasteiger partial charge on any atom is -0.490 e. The van der Waals surface area contributed by atoms with Gasteiger partial charge in [-0.2, -0.15) is 0 Å². The number of hydrogen-bond donors (Lipinski definition) is 1. The first kappa shape index (κ1) is 16.9. The van der Waals surface area contributed by atoms with Crippen molar-refractivity contribution in [1.29, 1.82) is 0 Å². The summed E-state index contributed by atoms with van der Waals surface area (Å²) in [7, 11) is 0. The fraction of sp³-hybridized carbons (Fsp3) is 0.500. The Morgan fingerprint density at radius 2 is 1.96 bits per heavy atom. The molecule has 128 valence electrons. The number of rotatable bonds is 5. The molecule has 0 saturated heterocycles. The third-order valence-electron chi connectivity index (χ3n) is 4.11. The monoisotopic (exact) mass is 345 g/mol. The van der Waals surface area contributed by atoms with Gasteiger partial charge in [0.25, 0.3) is 5.91 Å². The summed E-state index contributed by atoms with van der Waals surface area (Å²) in [5.41, 5.74) is 0.514. The summed E-state index contributed by atoms with van der Waals surface area (Å²) >= 11 is 1.49. The lowest BCUT2D eigenvalue weighted by atomic mass is 9.90. The van der Waals surface area contributed by atoms with Crippen LogP contribution in [0.1, 0.15) is 67.2 Å². The lowest BCUT2D eigenvalue weighted by Gasteiger charge is -2.18. The molecule has 1 saturated carbocycles. The van der Waals surface area contributed by atoms with E-state index in [9.17, 15) is 4.79 Å². The predicted octanol–water partition coefficient (Wildman–Crippen LogP) is 4.63. The average molecular weight is 345 g/mol. The van der Waals surface area contributed by atoms with E-state index in [2.05, 4.69) is 15.5 Å². The van der Waals surface area contributed by atoms with E-state index >= 15 is 0 Å². The maximum Gasteiger partial charge on any atom is 0.261 e. The third-order valence-corrected chi connectivity index (χ3v) is 5.11. The normalized spacial score (nSPS) is 15.5. The highest BCUT2D eigenvalue weighted by atomic mass is 32.1. The van der Waals surface area contributed by atoms with E-state index in [1.54, 1.807) is 6.07 Å². The first-order chi connectivity index (χ1) is 11.6. The zero-order valence-corrected chi connectivity index (χ0v) is 14.9. The number of carbonyl (C=O) groups excluding carboxylic acids is 1. The Balaban J connectivity index is 1.70. The molecule has 0 atom stereocenters. The van der Waals surface area contributed by atoms with Gasteiger partial charge in [0, 0.05) is 5.92 Å². The number of nitrogens with one attached hydrogen (secondary N) is 1. The van der Waals surface area contributed by atoms with E-state index in [1.807, 2.05) is 32.0 Å². The van der Waals surface area contributed by atoms with Crippen molar-refractivity contribution in [1.82, 2.24) is 10.2 Å². The molecule has 24 heavy (non-hydrogen) atoms. The van der Waals surface area contributed by atoms with Crippen molar-refractivity contribution in [3.63, 3.8) is 0 Å². The highest BCUT2D eigenvalue weighted by Crippen LogP contribution is 2.35. The number of carbonyl (C=O) groups is 1. The molecule has 1 aromatic carbocycles. The lowest BCUT2D eigenvalue weighted by Crippen LogP contribution is -2.15. The highest BCUT2D eigenvalue weighted by Gasteiger charge is 2.21. The van der Waals surface area contributed by atoms with Crippen LogP contribution in [0.15, 0.2) is 24.3 Å². The SMILES string of the molecule is CC(C)Oc1ccccc1C(=O)Nc1nnc(C2CCCCC2)s1. The maximum atomic E-state index is 12.5. The molecule has 1 amide bonds. The molecule has 0 bridgehead atoms. The van der Waals surface area contributed by atoms with Gasteiger partial charge < -0.3 is 4.74 Å². The number of para-hydroxylation sites is 1. The summed E-state index contributed by atoms with van der Waals surface area (Å²) in [5.74, 6) is 0.873. The summed E-state index contributed by atoms with van der Waals surface area (Å²) in [5, 5.41) is 12.9. The van der Waals surface area contributed by atoms with Gasteiger partial charge in [0.15, 0.2) is 0 Å². The average Bonchev–Trinajstić information content (AvgIpc) is 3.04. The van der Waals surface area contributed by atoms with Crippen LogP contribution >= 0.6 is 11.3 Å². The molecule has 0 aliphatic heterocycles. The Labute approximate surface area is 146 Å². The van der Waals surface area contributed by atoms with E-state index in [-0.39, 0.29) is 12.0 Å². The highest BCUT2D eigenvalue weighted by molar-refractivity contribution is 7.15. The summed E-state index contributed by atoms with van der Waals surface area (Å²) in [6.07, 6.45) is 6.18. The number of anilines is 1. The predicted molar refractivity (Wildman–Crippen MR) is 95.9 cm³/mol. The molecule has 3 rings (SSSR count). The summed E-state index contributed by atoms with van der Waals surface area (Å²) in [6, 6.07) is 7.26. The standard InChI is InChI=1S/C18H23N3O2S/c1-12(2)23-15-11-7-6-10-14(15)16(22)19-18-21-20-17(24-18)13-8-4-3-5-9-13/h6-7,10-13H,3-5,8-9H2,1-2H3,(H,19,21,22). The Morgan fingerprint density at radius 1 is 1.21 bits per heavy atom. The summed E-state index contributed by atoms with van der Waals surface area (Å²) in [6.45, 7) is 3.88. The lowest BCUT2D eigenvalue weighted by molar-refractivity contribution is 0.102. The molecule has 0 radical (unpaired) electrons. The molecule has 0 unspecified atom stereocenters. The zero-order valence-electron chi connectivity index (χ0n) is 14.1. The van der Waals surface area contributed by atoms with Gasteiger partial charge in [0.1, 0.15) is 10.8 Å². The molecule has 2 aromatic rings.